The highest BCUT2D eigenvalue weighted by molar-refractivity contribution is 14.2. The lowest BCUT2D eigenvalue weighted by molar-refractivity contribution is 0.402. The predicted molar refractivity (Wildman–Crippen MR) is 76.4 cm³/mol. The molecular formula is C9H9IN2O3S2. The van der Waals surface area contributed by atoms with E-state index in [2.05, 4.69) is 26.2 Å². The minimum Gasteiger partial charge on any atom is -0.479 e. The van der Waals surface area contributed by atoms with Gasteiger partial charge in [-0.15, -0.1) is 0 Å². The van der Waals surface area contributed by atoms with Gasteiger partial charge >= 0.3 is 0 Å². The maximum Gasteiger partial charge on any atom is 0.239 e. The van der Waals surface area contributed by atoms with E-state index < -0.39 is 9.84 Å². The lowest BCUT2D eigenvalue weighted by atomic mass is 10.3. The highest BCUT2D eigenvalue weighted by Gasteiger charge is 2.18. The molecular weight excluding hydrogens is 375 g/mol. The number of halogens is 1. The van der Waals surface area contributed by atoms with Crippen LogP contribution in [0.15, 0.2) is 23.4 Å². The van der Waals surface area contributed by atoms with Crippen molar-refractivity contribution in [3.63, 3.8) is 0 Å². The third-order valence-electron chi connectivity index (χ3n) is 2.29. The molecule has 0 amide bonds. The molecule has 0 radical (unpaired) electrons. The smallest absolute Gasteiger partial charge is 0.239 e. The van der Waals surface area contributed by atoms with Crippen LogP contribution < -0.4 is 4.74 Å². The van der Waals surface area contributed by atoms with Crippen LogP contribution in [0, 0.1) is 0 Å². The fourth-order valence-corrected chi connectivity index (χ4v) is 3.72. The highest BCUT2D eigenvalue weighted by Crippen LogP contribution is 2.33. The first-order valence-corrected chi connectivity index (χ1v) is 9.73. The number of fused-ring (bicyclic) bond motifs is 1. The van der Waals surface area contributed by atoms with Crippen molar-refractivity contribution >= 4 is 51.1 Å². The lowest BCUT2D eigenvalue weighted by Gasteiger charge is -2.06. The Bertz CT molecular complexity index is 666. The molecule has 5 nitrogen and oxygen atoms in total. The topological polar surface area (TPSA) is 61.2 Å². The van der Waals surface area contributed by atoms with Crippen LogP contribution in [0.1, 0.15) is 0 Å². The molecule has 8 heteroatoms. The zero-order chi connectivity index (χ0) is 12.6. The Kier molecular flexibility index (Phi) is 3.55. The summed E-state index contributed by atoms with van der Waals surface area (Å²) in [7, 11) is -0.356. The Labute approximate surface area is 115 Å². The molecule has 2 rings (SSSR count). The van der Waals surface area contributed by atoms with Gasteiger partial charge in [0.15, 0.2) is 9.84 Å². The molecule has 0 saturated heterocycles. The third kappa shape index (κ3) is 2.25. The predicted octanol–water partition coefficient (Wildman–Crippen LogP) is 2.29. The summed E-state index contributed by atoms with van der Waals surface area (Å²) >= 11 is 2.11. The Hall–Kier alpha value is -0.480. The van der Waals surface area contributed by atoms with Crippen LogP contribution in [0.2, 0.25) is 0 Å². The molecule has 0 saturated carbocycles. The summed E-state index contributed by atoms with van der Waals surface area (Å²) in [6.07, 6.45) is 4.30. The third-order valence-corrected chi connectivity index (χ3v) is 5.14. The van der Waals surface area contributed by atoms with Gasteiger partial charge < -0.3 is 4.74 Å². The second-order valence-electron chi connectivity index (χ2n) is 3.38. The van der Waals surface area contributed by atoms with Crippen molar-refractivity contribution in [2.45, 2.75) is 4.90 Å². The number of aromatic nitrogens is 2. The van der Waals surface area contributed by atoms with Gasteiger partial charge in [-0.05, 0) is 6.07 Å². The number of nitrogens with zero attached hydrogens (tertiary/aromatic N) is 2. The van der Waals surface area contributed by atoms with Gasteiger partial charge in [0.2, 0.25) is 5.88 Å². The zero-order valence-corrected chi connectivity index (χ0v) is 12.8. The molecule has 0 N–H and O–H groups in total. The first-order valence-electron chi connectivity index (χ1n) is 4.52. The molecule has 2 heterocycles. The molecule has 0 aliphatic rings. The van der Waals surface area contributed by atoms with Crippen molar-refractivity contribution in [2.24, 2.45) is 0 Å². The van der Waals surface area contributed by atoms with E-state index >= 15 is 0 Å². The normalized spacial score (nSPS) is 11.9. The van der Waals surface area contributed by atoms with E-state index in [1.807, 2.05) is 3.97 Å². The van der Waals surface area contributed by atoms with Crippen LogP contribution in [-0.4, -0.2) is 30.7 Å². The van der Waals surface area contributed by atoms with Crippen molar-refractivity contribution in [2.75, 3.05) is 13.4 Å². The molecule has 17 heavy (non-hydrogen) atoms. The number of rotatable bonds is 3. The van der Waals surface area contributed by atoms with Gasteiger partial charge in [0.25, 0.3) is 0 Å². The van der Waals surface area contributed by atoms with Crippen LogP contribution in [0.4, 0.5) is 0 Å². The van der Waals surface area contributed by atoms with Crippen molar-refractivity contribution in [1.29, 1.82) is 0 Å². The number of hydrogen-bond donors (Lipinski definition) is 0. The van der Waals surface area contributed by atoms with Gasteiger partial charge in [0, 0.05) is 48.2 Å². The maximum atomic E-state index is 11.6. The Balaban J connectivity index is 2.89. The quantitative estimate of drug-likeness (QED) is 0.761. The summed E-state index contributed by atoms with van der Waals surface area (Å²) in [5, 5.41) is 0.628. The number of sulfone groups is 1. The molecule has 0 unspecified atom stereocenters. The van der Waals surface area contributed by atoms with E-state index in [9.17, 15) is 8.42 Å². The molecule has 0 aliphatic carbocycles. The van der Waals surface area contributed by atoms with E-state index in [1.165, 1.54) is 28.7 Å². The average molecular weight is 384 g/mol. The highest BCUT2D eigenvalue weighted by atomic mass is 127. The van der Waals surface area contributed by atoms with Crippen molar-refractivity contribution in [1.82, 2.24) is 8.96 Å². The summed E-state index contributed by atoms with van der Waals surface area (Å²) in [4.78, 5) is 4.25. The molecule has 2 aromatic heterocycles. The van der Waals surface area contributed by atoms with Gasteiger partial charge in [0.05, 0.1) is 18.2 Å². The van der Waals surface area contributed by atoms with E-state index in [4.69, 9.17) is 4.74 Å². The Morgan fingerprint density at radius 1 is 1.53 bits per heavy atom. The average Bonchev–Trinajstić information content (AvgIpc) is 2.69. The first kappa shape index (κ1) is 13.0. The Morgan fingerprint density at radius 3 is 2.76 bits per heavy atom. The van der Waals surface area contributed by atoms with E-state index in [-0.39, 0.29) is 4.90 Å². The molecule has 0 fully saturated rings. The molecule has 92 valence electrons. The van der Waals surface area contributed by atoms with Gasteiger partial charge in [-0.3, -0.25) is 3.97 Å². The summed E-state index contributed by atoms with van der Waals surface area (Å²) in [6.45, 7) is 0. The number of hydrogen-bond acceptors (Lipinski definition) is 5. The molecule has 0 aromatic carbocycles. The van der Waals surface area contributed by atoms with E-state index in [0.717, 1.165) is 0 Å². The first-order chi connectivity index (χ1) is 7.99. The van der Waals surface area contributed by atoms with Crippen molar-refractivity contribution < 1.29 is 13.2 Å². The lowest BCUT2D eigenvalue weighted by Crippen LogP contribution is -2.00. The summed E-state index contributed by atoms with van der Waals surface area (Å²) < 4.78 is 30.3. The second kappa shape index (κ2) is 4.65. The van der Waals surface area contributed by atoms with E-state index in [0.29, 0.717) is 16.8 Å². The van der Waals surface area contributed by atoms with Crippen molar-refractivity contribution in [3.8, 4) is 5.88 Å². The molecule has 0 atom stereocenters. The van der Waals surface area contributed by atoms with Gasteiger partial charge in [-0.25, -0.2) is 13.4 Å². The minimum absolute atomic E-state index is 0.220. The number of methoxy groups -OCH3 is 1. The molecule has 0 bridgehead atoms. The molecule has 0 aliphatic heterocycles. The second-order valence-corrected chi connectivity index (χ2v) is 7.07. The van der Waals surface area contributed by atoms with Gasteiger partial charge in [-0.1, -0.05) is 0 Å². The molecule has 0 spiro atoms. The van der Waals surface area contributed by atoms with Crippen LogP contribution in [0.5, 0.6) is 5.88 Å². The summed E-state index contributed by atoms with van der Waals surface area (Å²) in [5.74, 6) is 0.418. The number of ether oxygens (including phenoxy) is 1. The maximum absolute atomic E-state index is 11.6. The Morgan fingerprint density at radius 2 is 2.24 bits per heavy atom. The SMILES string of the molecule is COc1ncc(S(C)(=O)=O)c2ccn(SI)c12. The fourth-order valence-electron chi connectivity index (χ4n) is 1.57. The summed E-state index contributed by atoms with van der Waals surface area (Å²) in [5.41, 5.74) is 0.676. The number of pyridine rings is 1. The largest absolute Gasteiger partial charge is 0.479 e. The standard InChI is InChI=1S/C9H9IN2O3S2/c1-15-9-8-6(3-4-12(8)16-10)7(5-11-9)17(2,13)14/h3-5H,1-2H3. The van der Waals surface area contributed by atoms with Crippen LogP contribution in [0.25, 0.3) is 10.9 Å². The van der Waals surface area contributed by atoms with Crippen LogP contribution >= 0.6 is 30.3 Å². The summed E-state index contributed by atoms with van der Waals surface area (Å²) in [6, 6.07) is 1.75. The molecule has 2 aromatic rings. The van der Waals surface area contributed by atoms with Crippen molar-refractivity contribution in [3.05, 3.63) is 18.5 Å². The zero-order valence-electron chi connectivity index (χ0n) is 9.05. The monoisotopic (exact) mass is 384 g/mol. The van der Waals surface area contributed by atoms with E-state index in [1.54, 1.807) is 12.3 Å². The van der Waals surface area contributed by atoms with Crippen LogP contribution in [0.3, 0.4) is 0 Å². The fraction of sp³-hybridized carbons (Fsp3) is 0.222. The minimum atomic E-state index is -3.29. The van der Waals surface area contributed by atoms with Gasteiger partial charge in [-0.2, -0.15) is 0 Å². The van der Waals surface area contributed by atoms with Crippen LogP contribution in [-0.2, 0) is 9.84 Å². The van der Waals surface area contributed by atoms with Gasteiger partial charge in [0.1, 0.15) is 5.52 Å².